The first-order valence-corrected chi connectivity index (χ1v) is 17.8. The molecule has 1 atom stereocenters. The maximum atomic E-state index is 10.0. The van der Waals surface area contributed by atoms with Crippen LogP contribution in [0.1, 0.15) is 38.8 Å². The number of nitriles is 1. The van der Waals surface area contributed by atoms with Gasteiger partial charge in [0.2, 0.25) is 5.95 Å². The third-order valence-corrected chi connectivity index (χ3v) is 13.7. The van der Waals surface area contributed by atoms with Gasteiger partial charge in [-0.3, -0.25) is 9.58 Å². The molecule has 0 bridgehead atoms. The average molecular weight is 609 g/mol. The molecule has 0 spiro atoms. The Labute approximate surface area is 254 Å². The molecule has 0 unspecified atom stereocenters. The van der Waals surface area contributed by atoms with E-state index in [2.05, 4.69) is 78.5 Å². The second-order valence-electron chi connectivity index (χ2n) is 12.9. The molecule has 5 rings (SSSR count). The number of ether oxygens (including phenoxy) is 1. The van der Waals surface area contributed by atoms with E-state index < -0.39 is 8.32 Å². The molecule has 0 radical (unpaired) electrons. The van der Waals surface area contributed by atoms with Crippen molar-refractivity contribution >= 4 is 37.2 Å². The molecule has 0 amide bonds. The lowest BCUT2D eigenvalue weighted by atomic mass is 9.83. The maximum absolute atomic E-state index is 10.0. The quantitative estimate of drug-likeness (QED) is 0.298. The Kier molecular flexibility index (Phi) is 8.65. The van der Waals surface area contributed by atoms with Crippen molar-refractivity contribution in [2.75, 3.05) is 56.6 Å². The van der Waals surface area contributed by atoms with Gasteiger partial charge >= 0.3 is 0 Å². The number of rotatable bonds is 9. The van der Waals surface area contributed by atoms with E-state index in [0.717, 1.165) is 49.7 Å². The van der Waals surface area contributed by atoms with E-state index in [1.54, 1.807) is 17.1 Å². The van der Waals surface area contributed by atoms with Crippen LogP contribution in [0.15, 0.2) is 30.6 Å². The smallest absolute Gasteiger partial charge is 0.227 e. The molecule has 1 fully saturated rings. The highest BCUT2D eigenvalue weighted by Gasteiger charge is 2.42. The standard InChI is InChI=1S/C30H41ClN8O2Si/c1-29(2,3)42(5,6)41-20-30(4)19-34-26-22(17-32)15-21(16-23(26)30)24-7-8-33-28(36-24)37-25-18-35-39(27(25)31)10-9-38-11-13-40-14-12-38/h7-8,15-16,18,34H,9-14,19-20H2,1-6H3,(H,33,36,37)/t30-/m1/s1. The first kappa shape index (κ1) is 30.4. The summed E-state index contributed by atoms with van der Waals surface area (Å²) in [6, 6.07) is 8.25. The number of anilines is 3. The van der Waals surface area contributed by atoms with E-state index in [1.807, 2.05) is 12.1 Å². The highest BCUT2D eigenvalue weighted by atomic mass is 35.5. The van der Waals surface area contributed by atoms with Crippen LogP contribution >= 0.6 is 11.6 Å². The van der Waals surface area contributed by atoms with E-state index in [4.69, 9.17) is 25.7 Å². The lowest BCUT2D eigenvalue weighted by molar-refractivity contribution is 0.0360. The van der Waals surface area contributed by atoms with Gasteiger partial charge in [0.1, 0.15) is 6.07 Å². The van der Waals surface area contributed by atoms with Gasteiger partial charge in [0, 0.05) is 50.0 Å². The van der Waals surface area contributed by atoms with Gasteiger partial charge in [-0.2, -0.15) is 10.4 Å². The van der Waals surface area contributed by atoms with Crippen molar-refractivity contribution in [3.63, 3.8) is 0 Å². The van der Waals surface area contributed by atoms with Crippen LogP contribution in [0.4, 0.5) is 17.3 Å². The van der Waals surface area contributed by atoms with Gasteiger partial charge in [-0.05, 0) is 41.9 Å². The molecule has 3 aromatic rings. The number of halogens is 1. The fourth-order valence-electron chi connectivity index (χ4n) is 4.98. The predicted molar refractivity (Wildman–Crippen MR) is 169 cm³/mol. The van der Waals surface area contributed by atoms with E-state index in [9.17, 15) is 5.26 Å². The van der Waals surface area contributed by atoms with Crippen LogP contribution in [0.25, 0.3) is 11.3 Å². The lowest BCUT2D eigenvalue weighted by Crippen LogP contribution is -2.45. The Morgan fingerprint density at radius 3 is 2.71 bits per heavy atom. The molecule has 0 aliphatic carbocycles. The molecular formula is C30H41ClN8O2Si. The lowest BCUT2D eigenvalue weighted by Gasteiger charge is -2.39. The van der Waals surface area contributed by atoms with Gasteiger partial charge in [-0.1, -0.05) is 39.3 Å². The van der Waals surface area contributed by atoms with Crippen molar-refractivity contribution in [2.45, 2.75) is 57.8 Å². The molecule has 42 heavy (non-hydrogen) atoms. The van der Waals surface area contributed by atoms with Crippen LogP contribution in [0, 0.1) is 11.3 Å². The molecule has 224 valence electrons. The summed E-state index contributed by atoms with van der Waals surface area (Å²) in [6.07, 6.45) is 3.40. The van der Waals surface area contributed by atoms with Crippen molar-refractivity contribution in [3.05, 3.63) is 46.9 Å². The molecule has 2 aromatic heterocycles. The third kappa shape index (κ3) is 6.33. The largest absolute Gasteiger partial charge is 0.416 e. The monoisotopic (exact) mass is 608 g/mol. The highest BCUT2D eigenvalue weighted by Crippen LogP contribution is 2.44. The van der Waals surface area contributed by atoms with Crippen LogP contribution < -0.4 is 10.6 Å². The Balaban J connectivity index is 1.35. The van der Waals surface area contributed by atoms with E-state index >= 15 is 0 Å². The third-order valence-electron chi connectivity index (χ3n) is 8.83. The zero-order valence-corrected chi connectivity index (χ0v) is 27.2. The Morgan fingerprint density at radius 2 is 2.00 bits per heavy atom. The summed E-state index contributed by atoms with van der Waals surface area (Å²) in [6.45, 7) is 19.7. The summed E-state index contributed by atoms with van der Waals surface area (Å²) in [7, 11) is -1.95. The van der Waals surface area contributed by atoms with Gasteiger partial charge in [0.05, 0.1) is 48.6 Å². The van der Waals surface area contributed by atoms with E-state index in [-0.39, 0.29) is 10.5 Å². The number of aromatic nitrogens is 4. The van der Waals surface area contributed by atoms with Crippen LogP contribution in [-0.2, 0) is 21.1 Å². The molecule has 10 nitrogen and oxygen atoms in total. The van der Waals surface area contributed by atoms with Crippen molar-refractivity contribution in [1.29, 1.82) is 5.26 Å². The van der Waals surface area contributed by atoms with Gasteiger partial charge in [0.25, 0.3) is 0 Å². The normalized spacial score (nSPS) is 19.3. The van der Waals surface area contributed by atoms with Crippen LogP contribution in [-0.4, -0.2) is 79.0 Å². The molecule has 1 saturated heterocycles. The van der Waals surface area contributed by atoms with Gasteiger partial charge < -0.3 is 19.8 Å². The molecule has 0 saturated carbocycles. The second kappa shape index (κ2) is 11.9. The van der Waals surface area contributed by atoms with Crippen LogP contribution in [0.2, 0.25) is 23.3 Å². The summed E-state index contributed by atoms with van der Waals surface area (Å²) in [5, 5.41) is 21.8. The maximum Gasteiger partial charge on any atom is 0.227 e. The number of benzene rings is 1. The minimum Gasteiger partial charge on any atom is -0.416 e. The summed E-state index contributed by atoms with van der Waals surface area (Å²) in [5.74, 6) is 0.406. The Morgan fingerprint density at radius 1 is 1.24 bits per heavy atom. The fraction of sp³-hybridized carbons (Fsp3) is 0.533. The second-order valence-corrected chi connectivity index (χ2v) is 18.1. The van der Waals surface area contributed by atoms with Crippen molar-refractivity contribution in [3.8, 4) is 17.3 Å². The summed E-state index contributed by atoms with van der Waals surface area (Å²) in [4.78, 5) is 11.5. The zero-order chi connectivity index (χ0) is 30.1. The summed E-state index contributed by atoms with van der Waals surface area (Å²) < 4.78 is 13.9. The Hall–Kier alpha value is -3.01. The van der Waals surface area contributed by atoms with E-state index in [1.165, 1.54) is 0 Å². The van der Waals surface area contributed by atoms with Crippen molar-refractivity contribution in [1.82, 2.24) is 24.6 Å². The molecular weight excluding hydrogens is 568 g/mol. The first-order valence-electron chi connectivity index (χ1n) is 14.5. The van der Waals surface area contributed by atoms with Gasteiger partial charge in [-0.15, -0.1) is 0 Å². The van der Waals surface area contributed by atoms with Gasteiger partial charge in [-0.25, -0.2) is 9.97 Å². The summed E-state index contributed by atoms with van der Waals surface area (Å²) >= 11 is 6.66. The zero-order valence-electron chi connectivity index (χ0n) is 25.4. The number of hydrogen-bond acceptors (Lipinski definition) is 9. The van der Waals surface area contributed by atoms with Crippen LogP contribution in [0.3, 0.4) is 0 Å². The number of nitrogens with zero attached hydrogens (tertiary/aromatic N) is 6. The topological polar surface area (TPSA) is 113 Å². The number of fused-ring (bicyclic) bond motifs is 1. The van der Waals surface area contributed by atoms with Gasteiger partial charge in [0.15, 0.2) is 13.5 Å². The minimum atomic E-state index is -1.95. The van der Waals surface area contributed by atoms with Crippen LogP contribution in [0.5, 0.6) is 0 Å². The minimum absolute atomic E-state index is 0.115. The molecule has 4 heterocycles. The Bertz CT molecular complexity index is 1470. The molecule has 2 aliphatic heterocycles. The number of nitrogens with one attached hydrogen (secondary N) is 2. The predicted octanol–water partition coefficient (Wildman–Crippen LogP) is 5.65. The molecule has 2 N–H and O–H groups in total. The van der Waals surface area contributed by atoms with E-state index in [0.29, 0.717) is 47.7 Å². The fourth-order valence-corrected chi connectivity index (χ4v) is 6.32. The molecule has 2 aliphatic rings. The number of morpholine rings is 1. The average Bonchev–Trinajstić information content (AvgIpc) is 3.49. The summed E-state index contributed by atoms with van der Waals surface area (Å²) in [5.41, 5.74) is 4.48. The highest BCUT2D eigenvalue weighted by molar-refractivity contribution is 6.74. The number of hydrogen-bond donors (Lipinski definition) is 2. The van der Waals surface area contributed by atoms with Crippen molar-refractivity contribution < 1.29 is 9.16 Å². The van der Waals surface area contributed by atoms with Crippen molar-refractivity contribution in [2.24, 2.45) is 0 Å². The molecule has 12 heteroatoms. The first-order chi connectivity index (χ1) is 19.9. The SMILES string of the molecule is CC(C)(C)[Si](C)(C)OC[C@@]1(C)CNc2c(C#N)cc(-c3ccnc(Nc4cnn(CCN5CCOCC5)c4Cl)n3)cc21. The molecule has 1 aromatic carbocycles.